The molecule has 0 aromatic carbocycles. The molecule has 1 saturated heterocycles. The van der Waals surface area contributed by atoms with Crippen LogP contribution in [0, 0.1) is 5.92 Å². The Morgan fingerprint density at radius 3 is 2.66 bits per heavy atom. The van der Waals surface area contributed by atoms with E-state index in [4.69, 9.17) is 4.74 Å². The maximum Gasteiger partial charge on any atom is 0.410 e. The van der Waals surface area contributed by atoms with Gasteiger partial charge in [0.05, 0.1) is 5.39 Å². The second-order valence-corrected chi connectivity index (χ2v) is 10.3. The second-order valence-electron chi connectivity index (χ2n) is 9.75. The van der Waals surface area contributed by atoms with Crippen LogP contribution in [0.25, 0.3) is 11.0 Å². The van der Waals surface area contributed by atoms with Gasteiger partial charge in [-0.05, 0) is 52.5 Å². The topological polar surface area (TPSA) is 76.5 Å². The average Bonchev–Trinajstić information content (AvgIpc) is 3.41. The number of likely N-dealkylation sites (tertiary alicyclic amines) is 1. The fourth-order valence-corrected chi connectivity index (χ4v) is 5.05. The number of carbonyl (C=O) groups is 2. The number of ketones is 1. The third kappa shape index (κ3) is 4.87. The molecule has 9 heteroatoms. The van der Waals surface area contributed by atoms with Crippen molar-refractivity contribution in [2.75, 3.05) is 18.4 Å². The number of carbonyl (C=O) groups excluding carboxylic acids is 2. The minimum Gasteiger partial charge on any atom is -0.444 e. The monoisotopic (exact) mass is 462 g/mol. The maximum absolute atomic E-state index is 13.6. The molecule has 1 atom stereocenters. The van der Waals surface area contributed by atoms with Crippen LogP contribution in [0.3, 0.4) is 0 Å². The molecular formula is C23H31FN4O3S. The predicted molar refractivity (Wildman–Crippen MR) is 125 cm³/mol. The summed E-state index contributed by atoms with van der Waals surface area (Å²) in [5.41, 5.74) is 1.16. The van der Waals surface area contributed by atoms with E-state index in [1.165, 1.54) is 3.97 Å². The van der Waals surface area contributed by atoms with E-state index in [-0.39, 0.29) is 36.2 Å². The Kier molecular flexibility index (Phi) is 6.65. The molecule has 2 aliphatic rings. The molecule has 1 unspecified atom stereocenters. The van der Waals surface area contributed by atoms with Gasteiger partial charge in [-0.3, -0.25) is 4.79 Å². The lowest BCUT2D eigenvalue weighted by atomic mass is 9.95. The van der Waals surface area contributed by atoms with E-state index in [2.05, 4.69) is 10.3 Å². The van der Waals surface area contributed by atoms with Crippen LogP contribution in [0.2, 0.25) is 0 Å². The minimum atomic E-state index is -0.544. The number of halogens is 1. The quantitative estimate of drug-likeness (QED) is 0.583. The van der Waals surface area contributed by atoms with Crippen LogP contribution < -0.4 is 5.32 Å². The van der Waals surface area contributed by atoms with Crippen molar-refractivity contribution in [3.8, 4) is 0 Å². The third-order valence-corrected chi connectivity index (χ3v) is 6.58. The molecule has 1 amide bonds. The van der Waals surface area contributed by atoms with E-state index >= 15 is 0 Å². The molecule has 1 N–H and O–H groups in total. The number of pyridine rings is 1. The second kappa shape index (κ2) is 9.29. The van der Waals surface area contributed by atoms with Gasteiger partial charge in [0, 0.05) is 48.7 Å². The van der Waals surface area contributed by atoms with Gasteiger partial charge < -0.3 is 15.0 Å². The van der Waals surface area contributed by atoms with Crippen LogP contribution in [0.4, 0.5) is 14.4 Å². The molecular weight excluding hydrogens is 431 g/mol. The Bertz CT molecular complexity index is 997. The fourth-order valence-electron chi connectivity index (χ4n) is 4.70. The molecule has 2 aromatic rings. The molecule has 1 aliphatic carbocycles. The number of hydrogen-bond acceptors (Lipinski definition) is 6. The first kappa shape index (κ1) is 22.9. The van der Waals surface area contributed by atoms with Crippen LogP contribution in [0.5, 0.6) is 0 Å². The number of nitrogens with zero attached hydrogens (tertiary/aromatic N) is 3. The van der Waals surface area contributed by atoms with Crippen LogP contribution >= 0.6 is 12.3 Å². The van der Waals surface area contributed by atoms with E-state index in [1.807, 2.05) is 26.8 Å². The molecule has 3 heterocycles. The smallest absolute Gasteiger partial charge is 0.410 e. The summed E-state index contributed by atoms with van der Waals surface area (Å²) in [4.78, 5) is 31.8. The molecule has 7 nitrogen and oxygen atoms in total. The number of nitrogens with one attached hydrogen (secondary N) is 1. The zero-order chi connectivity index (χ0) is 22.9. The molecule has 1 aliphatic heterocycles. The van der Waals surface area contributed by atoms with E-state index in [9.17, 15) is 13.5 Å². The highest BCUT2D eigenvalue weighted by Gasteiger charge is 2.30. The molecule has 0 radical (unpaired) electrons. The Morgan fingerprint density at radius 1 is 1.22 bits per heavy atom. The summed E-state index contributed by atoms with van der Waals surface area (Å²) in [5, 5.41) is 4.16. The first-order valence-corrected chi connectivity index (χ1v) is 12.0. The van der Waals surface area contributed by atoms with Gasteiger partial charge >= 0.3 is 6.09 Å². The highest BCUT2D eigenvalue weighted by molar-refractivity contribution is 7.92. The number of aromatic nitrogens is 2. The van der Waals surface area contributed by atoms with Crippen molar-refractivity contribution in [2.24, 2.45) is 5.92 Å². The number of fused-ring (bicyclic) bond motifs is 1. The zero-order valence-electron chi connectivity index (χ0n) is 18.9. The lowest BCUT2D eigenvalue weighted by Gasteiger charge is -2.35. The first-order chi connectivity index (χ1) is 15.3. The Labute approximate surface area is 192 Å². The normalized spacial score (nSPS) is 20.0. The SMILES string of the molecule is CC(C)(C)OC(=O)N1CCCC(Nc2ccnc3c2c(C(=O)C2CCCC2)cn3SF)C1. The van der Waals surface area contributed by atoms with Crippen molar-refractivity contribution in [2.45, 2.75) is 70.9 Å². The third-order valence-electron chi connectivity index (χ3n) is 6.15. The summed E-state index contributed by atoms with van der Waals surface area (Å²) < 4.78 is 20.5. The van der Waals surface area contributed by atoms with E-state index in [0.29, 0.717) is 29.7 Å². The number of ether oxygens (including phenoxy) is 1. The molecule has 4 rings (SSSR count). The molecule has 0 bridgehead atoms. The van der Waals surface area contributed by atoms with E-state index < -0.39 is 5.60 Å². The minimum absolute atomic E-state index is 0.00215. The van der Waals surface area contributed by atoms with Gasteiger partial charge in [0.15, 0.2) is 23.8 Å². The first-order valence-electron chi connectivity index (χ1n) is 11.3. The van der Waals surface area contributed by atoms with Gasteiger partial charge in [-0.25, -0.2) is 13.8 Å². The van der Waals surface area contributed by atoms with Crippen LogP contribution in [-0.4, -0.2) is 50.5 Å². The maximum atomic E-state index is 13.6. The molecule has 32 heavy (non-hydrogen) atoms. The number of Topliss-reactive ketones (excluding diaryl/α,β-unsaturated/α-hetero) is 1. The summed E-state index contributed by atoms with van der Waals surface area (Å²) in [7, 11) is 0. The van der Waals surface area contributed by atoms with E-state index in [1.54, 1.807) is 17.3 Å². The number of rotatable bonds is 5. The van der Waals surface area contributed by atoms with Gasteiger partial charge in [0.1, 0.15) is 5.60 Å². The van der Waals surface area contributed by atoms with Gasteiger partial charge in [-0.15, -0.1) is 3.89 Å². The lowest BCUT2D eigenvalue weighted by Crippen LogP contribution is -2.47. The lowest BCUT2D eigenvalue weighted by molar-refractivity contribution is 0.0206. The van der Waals surface area contributed by atoms with Gasteiger partial charge in [0.2, 0.25) is 0 Å². The summed E-state index contributed by atoms with van der Waals surface area (Å²) in [6.45, 7) is 6.72. The van der Waals surface area contributed by atoms with Crippen LogP contribution in [-0.2, 0) is 4.74 Å². The Hall–Kier alpha value is -2.29. The fraction of sp³-hybridized carbons (Fsp3) is 0.609. The van der Waals surface area contributed by atoms with Crippen LogP contribution in [0.1, 0.15) is 69.7 Å². The summed E-state index contributed by atoms with van der Waals surface area (Å²) >= 11 is 0.0481. The summed E-state index contributed by atoms with van der Waals surface area (Å²) in [6.07, 6.45) is 8.47. The molecule has 2 fully saturated rings. The van der Waals surface area contributed by atoms with Gasteiger partial charge in [0.25, 0.3) is 0 Å². The highest BCUT2D eigenvalue weighted by Crippen LogP contribution is 2.36. The Balaban J connectivity index is 1.59. The molecule has 0 spiro atoms. The summed E-state index contributed by atoms with van der Waals surface area (Å²) in [5.74, 6) is 0.0550. The van der Waals surface area contributed by atoms with E-state index in [0.717, 1.165) is 44.2 Å². The standard InChI is InChI=1S/C23H31FN4O3S/c1-23(2,3)31-22(30)27-12-6-9-16(13-27)26-18-10-11-25-21-19(18)17(14-28(21)32-24)20(29)15-7-4-5-8-15/h10-11,14-16H,4-9,12-13H2,1-3H3,(H,25,26). The van der Waals surface area contributed by atoms with Crippen molar-refractivity contribution >= 4 is 40.9 Å². The number of piperidine rings is 1. The number of amides is 1. The van der Waals surface area contributed by atoms with Gasteiger partial charge in [-0.2, -0.15) is 0 Å². The van der Waals surface area contributed by atoms with Crippen molar-refractivity contribution in [3.63, 3.8) is 0 Å². The number of anilines is 1. The summed E-state index contributed by atoms with van der Waals surface area (Å²) in [6, 6.07) is 1.82. The van der Waals surface area contributed by atoms with Crippen molar-refractivity contribution in [3.05, 3.63) is 24.0 Å². The highest BCUT2D eigenvalue weighted by atomic mass is 32.2. The average molecular weight is 463 g/mol. The van der Waals surface area contributed by atoms with Crippen molar-refractivity contribution in [1.29, 1.82) is 0 Å². The molecule has 1 saturated carbocycles. The van der Waals surface area contributed by atoms with Crippen molar-refractivity contribution in [1.82, 2.24) is 13.9 Å². The Morgan fingerprint density at radius 2 is 1.97 bits per heavy atom. The molecule has 2 aromatic heterocycles. The van der Waals surface area contributed by atoms with Crippen molar-refractivity contribution < 1.29 is 18.2 Å². The van der Waals surface area contributed by atoms with Crippen LogP contribution in [0.15, 0.2) is 18.5 Å². The largest absolute Gasteiger partial charge is 0.444 e. The molecule has 174 valence electrons. The predicted octanol–water partition coefficient (Wildman–Crippen LogP) is 5.60. The zero-order valence-corrected chi connectivity index (χ0v) is 19.7. The number of hydrogen-bond donors (Lipinski definition) is 1. The van der Waals surface area contributed by atoms with Gasteiger partial charge in [-0.1, -0.05) is 12.8 Å².